The van der Waals surface area contributed by atoms with Crippen LogP contribution in [0.4, 0.5) is 0 Å². The summed E-state index contributed by atoms with van der Waals surface area (Å²) in [7, 11) is 0. The standard InChI is InChI=1S/C31H37NO4/c1-3-35-27-19-22(21-32-17-15-31(13-14-31)16-18-32)20-28(36-4-2)30(27)26-10-6-8-24-23(11-12-29(33)34)7-5-9-25(24)26/h5-10,19-20H,3-4,11-18,21H2,1-2H3,(H,33,34). The molecule has 0 amide bonds. The van der Waals surface area contributed by atoms with Crippen molar-refractivity contribution in [1.82, 2.24) is 4.90 Å². The first-order valence-electron chi connectivity index (χ1n) is 13.4. The van der Waals surface area contributed by atoms with E-state index in [1.165, 1.54) is 31.2 Å². The van der Waals surface area contributed by atoms with Crippen molar-refractivity contribution >= 4 is 16.7 Å². The Bertz CT molecular complexity index is 1210. The summed E-state index contributed by atoms with van der Waals surface area (Å²) in [6.07, 6.45) is 6.10. The number of hydrogen-bond donors (Lipinski definition) is 1. The molecule has 5 rings (SSSR count). The second-order valence-corrected chi connectivity index (χ2v) is 10.3. The lowest BCUT2D eigenvalue weighted by atomic mass is 9.92. The normalized spacial score (nSPS) is 16.8. The predicted octanol–water partition coefficient (Wildman–Crippen LogP) is 6.70. The van der Waals surface area contributed by atoms with Crippen LogP contribution in [0, 0.1) is 5.41 Å². The van der Waals surface area contributed by atoms with Crippen LogP contribution in [-0.4, -0.2) is 42.3 Å². The van der Waals surface area contributed by atoms with Crippen molar-refractivity contribution in [1.29, 1.82) is 0 Å². The fraction of sp³-hybridized carbons (Fsp3) is 0.452. The number of benzene rings is 3. The highest BCUT2D eigenvalue weighted by Crippen LogP contribution is 2.53. The van der Waals surface area contributed by atoms with Gasteiger partial charge >= 0.3 is 5.97 Å². The molecule has 190 valence electrons. The van der Waals surface area contributed by atoms with Gasteiger partial charge in [-0.15, -0.1) is 0 Å². The van der Waals surface area contributed by atoms with Crippen LogP contribution in [0.2, 0.25) is 0 Å². The van der Waals surface area contributed by atoms with Crippen LogP contribution >= 0.6 is 0 Å². The molecule has 1 aliphatic heterocycles. The van der Waals surface area contributed by atoms with Crippen LogP contribution in [-0.2, 0) is 17.8 Å². The topological polar surface area (TPSA) is 59.0 Å². The summed E-state index contributed by atoms with van der Waals surface area (Å²) in [6, 6.07) is 16.8. The number of aliphatic carboxylic acids is 1. The molecular weight excluding hydrogens is 450 g/mol. The van der Waals surface area contributed by atoms with E-state index in [-0.39, 0.29) is 6.42 Å². The molecular formula is C31H37NO4. The number of carboxylic acid groups (broad SMARTS) is 1. The van der Waals surface area contributed by atoms with Crippen molar-refractivity contribution < 1.29 is 19.4 Å². The van der Waals surface area contributed by atoms with Gasteiger partial charge in [0.15, 0.2) is 0 Å². The van der Waals surface area contributed by atoms with E-state index in [1.54, 1.807) is 0 Å². The Labute approximate surface area is 214 Å². The zero-order chi connectivity index (χ0) is 25.1. The monoisotopic (exact) mass is 487 g/mol. The molecule has 1 spiro atoms. The third-order valence-corrected chi connectivity index (χ3v) is 7.90. The second kappa shape index (κ2) is 10.5. The summed E-state index contributed by atoms with van der Waals surface area (Å²) in [5.74, 6) is 0.909. The Hall–Kier alpha value is -3.05. The number of fused-ring (bicyclic) bond motifs is 1. The molecule has 1 aliphatic carbocycles. The van der Waals surface area contributed by atoms with Gasteiger partial charge in [-0.25, -0.2) is 0 Å². The molecule has 0 aromatic heterocycles. The van der Waals surface area contributed by atoms with Crippen molar-refractivity contribution in [3.8, 4) is 22.6 Å². The number of carbonyl (C=O) groups is 1. The van der Waals surface area contributed by atoms with Gasteiger partial charge in [-0.05, 0) is 104 Å². The molecule has 3 aromatic rings. The lowest BCUT2D eigenvalue weighted by molar-refractivity contribution is -0.136. The molecule has 36 heavy (non-hydrogen) atoms. The van der Waals surface area contributed by atoms with Crippen LogP contribution in [0.3, 0.4) is 0 Å². The van der Waals surface area contributed by atoms with Crippen LogP contribution in [0.1, 0.15) is 57.1 Å². The van der Waals surface area contributed by atoms with Gasteiger partial charge in [0, 0.05) is 13.0 Å². The molecule has 2 aliphatic rings. The molecule has 0 atom stereocenters. The minimum absolute atomic E-state index is 0.115. The van der Waals surface area contributed by atoms with Crippen LogP contribution in [0.15, 0.2) is 48.5 Å². The Kier molecular flexibility index (Phi) is 7.20. The molecule has 5 heteroatoms. The fourth-order valence-electron chi connectivity index (χ4n) is 5.71. The SMILES string of the molecule is CCOc1cc(CN2CCC3(CC2)CC3)cc(OCC)c1-c1cccc2c(CCC(=O)O)cccc12. The number of aryl methyl sites for hydroxylation is 1. The minimum Gasteiger partial charge on any atom is -0.493 e. The van der Waals surface area contributed by atoms with E-state index in [0.717, 1.165) is 58.6 Å². The zero-order valence-electron chi connectivity index (χ0n) is 21.5. The van der Waals surface area contributed by atoms with Crippen molar-refractivity contribution in [3.05, 3.63) is 59.7 Å². The highest BCUT2D eigenvalue weighted by atomic mass is 16.5. The number of rotatable bonds is 10. The molecule has 2 fully saturated rings. The van der Waals surface area contributed by atoms with E-state index >= 15 is 0 Å². The average Bonchev–Trinajstić information content (AvgIpc) is 3.63. The van der Waals surface area contributed by atoms with E-state index in [9.17, 15) is 9.90 Å². The van der Waals surface area contributed by atoms with E-state index in [1.807, 2.05) is 32.0 Å². The van der Waals surface area contributed by atoms with Crippen LogP contribution in [0.5, 0.6) is 11.5 Å². The lowest BCUT2D eigenvalue weighted by Gasteiger charge is -2.32. The summed E-state index contributed by atoms with van der Waals surface area (Å²) in [5, 5.41) is 11.4. The van der Waals surface area contributed by atoms with Gasteiger partial charge in [0.1, 0.15) is 11.5 Å². The van der Waals surface area contributed by atoms with Crippen molar-refractivity contribution in [2.75, 3.05) is 26.3 Å². The first-order valence-corrected chi connectivity index (χ1v) is 13.4. The van der Waals surface area contributed by atoms with Gasteiger partial charge in [0.05, 0.1) is 18.8 Å². The predicted molar refractivity (Wildman–Crippen MR) is 144 cm³/mol. The Morgan fingerprint density at radius 1 is 0.917 bits per heavy atom. The van der Waals surface area contributed by atoms with Gasteiger partial charge in [-0.1, -0.05) is 36.4 Å². The van der Waals surface area contributed by atoms with Gasteiger partial charge in [-0.3, -0.25) is 9.69 Å². The Balaban J connectivity index is 1.54. The maximum atomic E-state index is 11.2. The Morgan fingerprint density at radius 3 is 2.17 bits per heavy atom. The molecule has 0 radical (unpaired) electrons. The largest absolute Gasteiger partial charge is 0.493 e. The van der Waals surface area contributed by atoms with Crippen LogP contribution < -0.4 is 9.47 Å². The summed E-state index contributed by atoms with van der Waals surface area (Å²) in [4.78, 5) is 13.8. The van der Waals surface area contributed by atoms with Gasteiger partial charge in [0.2, 0.25) is 0 Å². The zero-order valence-corrected chi connectivity index (χ0v) is 21.5. The van der Waals surface area contributed by atoms with Crippen molar-refractivity contribution in [2.45, 2.75) is 58.9 Å². The first kappa shape index (κ1) is 24.6. The van der Waals surface area contributed by atoms with E-state index in [4.69, 9.17) is 9.47 Å². The number of hydrogen-bond acceptors (Lipinski definition) is 4. The van der Waals surface area contributed by atoms with E-state index < -0.39 is 5.97 Å². The third-order valence-electron chi connectivity index (χ3n) is 7.90. The van der Waals surface area contributed by atoms with E-state index in [0.29, 0.717) is 25.0 Å². The smallest absolute Gasteiger partial charge is 0.303 e. The summed E-state index contributed by atoms with van der Waals surface area (Å²) in [6.45, 7) is 8.42. The first-order chi connectivity index (χ1) is 17.5. The maximum absolute atomic E-state index is 11.2. The fourth-order valence-corrected chi connectivity index (χ4v) is 5.71. The van der Waals surface area contributed by atoms with Crippen molar-refractivity contribution in [3.63, 3.8) is 0 Å². The maximum Gasteiger partial charge on any atom is 0.303 e. The third kappa shape index (κ3) is 5.22. The number of likely N-dealkylation sites (tertiary alicyclic amines) is 1. The number of nitrogens with zero attached hydrogens (tertiary/aromatic N) is 1. The quantitative estimate of drug-likeness (QED) is 0.345. The molecule has 1 heterocycles. The summed E-state index contributed by atoms with van der Waals surface area (Å²) in [5.41, 5.74) is 4.96. The number of ether oxygens (including phenoxy) is 2. The highest BCUT2D eigenvalue weighted by Gasteiger charge is 2.44. The van der Waals surface area contributed by atoms with Gasteiger partial charge in [0.25, 0.3) is 0 Å². The van der Waals surface area contributed by atoms with Gasteiger partial charge < -0.3 is 14.6 Å². The number of carboxylic acids is 1. The molecule has 0 unspecified atom stereocenters. The molecule has 5 nitrogen and oxygen atoms in total. The number of piperidine rings is 1. The highest BCUT2D eigenvalue weighted by molar-refractivity contribution is 6.01. The van der Waals surface area contributed by atoms with Crippen molar-refractivity contribution in [2.24, 2.45) is 5.41 Å². The molecule has 1 saturated heterocycles. The lowest BCUT2D eigenvalue weighted by Crippen LogP contribution is -2.33. The van der Waals surface area contributed by atoms with E-state index in [2.05, 4.69) is 35.2 Å². The minimum atomic E-state index is -0.781. The molecule has 3 aromatic carbocycles. The molecule has 1 N–H and O–H groups in total. The van der Waals surface area contributed by atoms with Crippen LogP contribution in [0.25, 0.3) is 21.9 Å². The molecule has 0 bridgehead atoms. The van der Waals surface area contributed by atoms with Gasteiger partial charge in [-0.2, -0.15) is 0 Å². The average molecular weight is 488 g/mol. The second-order valence-electron chi connectivity index (χ2n) is 10.3. The summed E-state index contributed by atoms with van der Waals surface area (Å²) >= 11 is 0. The Morgan fingerprint density at radius 2 is 1.56 bits per heavy atom. The summed E-state index contributed by atoms with van der Waals surface area (Å²) < 4.78 is 12.5. The molecule has 1 saturated carbocycles.